The van der Waals surface area contributed by atoms with Gasteiger partial charge in [-0.15, -0.1) is 0 Å². The third kappa shape index (κ3) is 2.61. The number of hydrogen-bond donors (Lipinski definition) is 2. The smallest absolute Gasteiger partial charge is 0.257 e. The number of benzene rings is 1. The average molecular weight is 282 g/mol. The fourth-order valence-electron chi connectivity index (χ4n) is 2.76. The summed E-state index contributed by atoms with van der Waals surface area (Å²) in [5.74, 6) is -0.306. The summed E-state index contributed by atoms with van der Waals surface area (Å²) in [6.07, 6.45) is 8.34. The largest absolute Gasteiger partial charge is 0.360 e. The van der Waals surface area contributed by atoms with Crippen LogP contribution >= 0.6 is 0 Å². The zero-order valence-electron chi connectivity index (χ0n) is 12.0. The lowest BCUT2D eigenvalue weighted by Gasteiger charge is -2.31. The van der Waals surface area contributed by atoms with Gasteiger partial charge in [0.1, 0.15) is 5.56 Å². The van der Waals surface area contributed by atoms with Crippen LogP contribution in [0.1, 0.15) is 36.5 Å². The number of amides is 1. The summed E-state index contributed by atoms with van der Waals surface area (Å²) in [6.45, 7) is 2.02. The van der Waals surface area contributed by atoms with Gasteiger partial charge in [-0.25, -0.2) is 0 Å². The van der Waals surface area contributed by atoms with E-state index in [9.17, 15) is 9.59 Å². The molecule has 4 heteroatoms. The maximum absolute atomic E-state index is 12.4. The molecule has 0 bridgehead atoms. The molecular weight excluding hydrogens is 264 g/mol. The maximum Gasteiger partial charge on any atom is 0.257 e. The molecule has 1 atom stereocenters. The van der Waals surface area contributed by atoms with E-state index in [1.807, 2.05) is 19.1 Å². The first-order valence-corrected chi connectivity index (χ1v) is 7.17. The van der Waals surface area contributed by atoms with Crippen LogP contribution < -0.4 is 10.7 Å². The Balaban J connectivity index is 1.93. The van der Waals surface area contributed by atoms with Crippen LogP contribution in [-0.4, -0.2) is 16.4 Å². The summed E-state index contributed by atoms with van der Waals surface area (Å²) < 4.78 is 0. The van der Waals surface area contributed by atoms with Crippen molar-refractivity contribution in [3.63, 3.8) is 0 Å². The molecule has 2 aromatic rings. The molecule has 0 radical (unpaired) electrons. The molecule has 0 spiro atoms. The van der Waals surface area contributed by atoms with Crippen molar-refractivity contribution in [1.82, 2.24) is 10.3 Å². The molecule has 4 nitrogen and oxygen atoms in total. The number of aromatic amines is 1. The highest BCUT2D eigenvalue weighted by molar-refractivity contribution is 5.97. The van der Waals surface area contributed by atoms with E-state index >= 15 is 0 Å². The third-order valence-electron chi connectivity index (χ3n) is 4.05. The van der Waals surface area contributed by atoms with E-state index in [4.69, 9.17) is 0 Å². The number of para-hydroxylation sites is 1. The second-order valence-electron chi connectivity index (χ2n) is 5.81. The van der Waals surface area contributed by atoms with Crippen LogP contribution in [0.3, 0.4) is 0 Å². The quantitative estimate of drug-likeness (QED) is 0.832. The molecule has 3 rings (SSSR count). The van der Waals surface area contributed by atoms with Crippen LogP contribution in [0, 0.1) is 0 Å². The highest BCUT2D eigenvalue weighted by atomic mass is 16.2. The predicted octanol–water partition coefficient (Wildman–Crippen LogP) is 2.76. The first-order chi connectivity index (χ1) is 10.1. The summed E-state index contributed by atoms with van der Waals surface area (Å²) in [5.41, 5.74) is 0.413. The van der Waals surface area contributed by atoms with Gasteiger partial charge >= 0.3 is 0 Å². The van der Waals surface area contributed by atoms with E-state index in [1.165, 1.54) is 6.20 Å². The van der Waals surface area contributed by atoms with Crippen LogP contribution in [0.25, 0.3) is 10.9 Å². The van der Waals surface area contributed by atoms with Crippen molar-refractivity contribution >= 4 is 16.8 Å². The standard InChI is InChI=1S/C17H18N2O2/c1-17(9-5-2-6-10-17)19-16(21)13-11-18-14-8-4-3-7-12(14)15(13)20/h2-5,7-8,11H,6,9-10H2,1H3,(H,18,20)(H,19,21). The number of hydrogen-bond acceptors (Lipinski definition) is 2. The van der Waals surface area contributed by atoms with Crippen LogP contribution in [-0.2, 0) is 0 Å². The molecule has 21 heavy (non-hydrogen) atoms. The molecule has 1 aliphatic carbocycles. The van der Waals surface area contributed by atoms with E-state index < -0.39 is 0 Å². The number of fused-ring (bicyclic) bond motifs is 1. The molecular formula is C17H18N2O2. The molecule has 0 saturated heterocycles. The molecule has 1 aromatic heterocycles. The third-order valence-corrected chi connectivity index (χ3v) is 4.05. The van der Waals surface area contributed by atoms with E-state index in [0.29, 0.717) is 5.39 Å². The molecule has 1 heterocycles. The van der Waals surface area contributed by atoms with Crippen molar-refractivity contribution in [2.45, 2.75) is 31.7 Å². The normalized spacial score (nSPS) is 21.4. The van der Waals surface area contributed by atoms with Crippen molar-refractivity contribution in [2.24, 2.45) is 0 Å². The van der Waals surface area contributed by atoms with E-state index in [2.05, 4.69) is 22.5 Å². The molecule has 1 aromatic carbocycles. The second-order valence-corrected chi connectivity index (χ2v) is 5.81. The Hall–Kier alpha value is -2.36. The van der Waals surface area contributed by atoms with Gasteiger partial charge < -0.3 is 10.3 Å². The lowest BCUT2D eigenvalue weighted by atomic mass is 9.87. The van der Waals surface area contributed by atoms with Crippen LogP contribution in [0.2, 0.25) is 0 Å². The molecule has 1 amide bonds. The minimum Gasteiger partial charge on any atom is -0.360 e. The number of H-pyrrole nitrogens is 1. The van der Waals surface area contributed by atoms with Gasteiger partial charge in [-0.2, -0.15) is 0 Å². The predicted molar refractivity (Wildman–Crippen MR) is 83.4 cm³/mol. The summed E-state index contributed by atoms with van der Waals surface area (Å²) in [5, 5.41) is 3.55. The Morgan fingerprint density at radius 2 is 2.10 bits per heavy atom. The van der Waals surface area contributed by atoms with Crippen molar-refractivity contribution in [3.05, 3.63) is 58.4 Å². The Morgan fingerprint density at radius 3 is 2.86 bits per heavy atom. The van der Waals surface area contributed by atoms with Gasteiger partial charge in [0.25, 0.3) is 5.91 Å². The van der Waals surface area contributed by atoms with E-state index in [1.54, 1.807) is 12.1 Å². The number of pyridine rings is 1. The Morgan fingerprint density at radius 1 is 1.29 bits per heavy atom. The number of rotatable bonds is 2. The number of carbonyl (C=O) groups is 1. The van der Waals surface area contributed by atoms with Crippen molar-refractivity contribution in [3.8, 4) is 0 Å². The molecule has 2 N–H and O–H groups in total. The van der Waals surface area contributed by atoms with E-state index in [0.717, 1.165) is 24.8 Å². The SMILES string of the molecule is CC1(NC(=O)c2c[nH]c3ccccc3c2=O)CC=CCC1. The van der Waals surface area contributed by atoms with Crippen molar-refractivity contribution in [1.29, 1.82) is 0 Å². The van der Waals surface area contributed by atoms with Gasteiger partial charge in [0.2, 0.25) is 5.43 Å². The van der Waals surface area contributed by atoms with Gasteiger partial charge in [-0.05, 0) is 38.3 Å². The monoisotopic (exact) mass is 282 g/mol. The number of carbonyl (C=O) groups excluding carboxylic acids is 1. The Kier molecular flexibility index (Phi) is 3.37. The maximum atomic E-state index is 12.4. The topological polar surface area (TPSA) is 62.0 Å². The lowest BCUT2D eigenvalue weighted by Crippen LogP contribution is -2.47. The summed E-state index contributed by atoms with van der Waals surface area (Å²) in [4.78, 5) is 27.9. The first kappa shape index (κ1) is 13.6. The minimum absolute atomic E-state index is 0.171. The highest BCUT2D eigenvalue weighted by Crippen LogP contribution is 2.23. The fraction of sp³-hybridized carbons (Fsp3) is 0.294. The van der Waals surface area contributed by atoms with Gasteiger partial charge in [-0.1, -0.05) is 24.3 Å². The minimum atomic E-state index is -0.306. The fourth-order valence-corrected chi connectivity index (χ4v) is 2.76. The number of nitrogens with one attached hydrogen (secondary N) is 2. The van der Waals surface area contributed by atoms with Crippen LogP contribution in [0.15, 0.2) is 47.4 Å². The number of allylic oxidation sites excluding steroid dienone is 1. The Labute approximate surface area is 122 Å². The van der Waals surface area contributed by atoms with Crippen LogP contribution in [0.4, 0.5) is 0 Å². The van der Waals surface area contributed by atoms with E-state index in [-0.39, 0.29) is 22.4 Å². The molecule has 0 saturated carbocycles. The van der Waals surface area contributed by atoms with Crippen molar-refractivity contribution in [2.75, 3.05) is 0 Å². The zero-order chi connectivity index (χ0) is 14.9. The molecule has 108 valence electrons. The van der Waals surface area contributed by atoms with Gasteiger partial charge in [0.15, 0.2) is 0 Å². The van der Waals surface area contributed by atoms with Gasteiger partial charge in [-0.3, -0.25) is 9.59 Å². The van der Waals surface area contributed by atoms with Crippen molar-refractivity contribution < 1.29 is 4.79 Å². The molecule has 1 aliphatic rings. The summed E-state index contributed by atoms with van der Waals surface area (Å²) in [7, 11) is 0. The zero-order valence-corrected chi connectivity index (χ0v) is 12.0. The number of aromatic nitrogens is 1. The Bertz CT molecular complexity index is 776. The molecule has 1 unspecified atom stereocenters. The van der Waals surface area contributed by atoms with Gasteiger partial charge in [0.05, 0.1) is 0 Å². The molecule has 0 fully saturated rings. The molecule has 0 aliphatic heterocycles. The average Bonchev–Trinajstić information content (AvgIpc) is 2.48. The van der Waals surface area contributed by atoms with Gasteiger partial charge in [0, 0.05) is 22.6 Å². The first-order valence-electron chi connectivity index (χ1n) is 7.17. The summed E-state index contributed by atoms with van der Waals surface area (Å²) >= 11 is 0. The second kappa shape index (κ2) is 5.20. The summed E-state index contributed by atoms with van der Waals surface area (Å²) in [6, 6.07) is 7.21. The highest BCUT2D eigenvalue weighted by Gasteiger charge is 2.27. The lowest BCUT2D eigenvalue weighted by molar-refractivity contribution is 0.0899. The van der Waals surface area contributed by atoms with Crippen LogP contribution in [0.5, 0.6) is 0 Å².